The molecule has 23 heavy (non-hydrogen) atoms. The van der Waals surface area contributed by atoms with Crippen molar-refractivity contribution in [2.45, 2.75) is 18.0 Å². The molecule has 0 spiro atoms. The molecular weight excluding hydrogens is 332 g/mol. The van der Waals surface area contributed by atoms with Crippen LogP contribution in [0.3, 0.4) is 0 Å². The molecule has 0 aromatic carbocycles. The van der Waals surface area contributed by atoms with Crippen molar-refractivity contribution in [3.63, 3.8) is 0 Å². The summed E-state index contributed by atoms with van der Waals surface area (Å²) < 4.78 is 82.1. The van der Waals surface area contributed by atoms with Gasteiger partial charge < -0.3 is 9.64 Å². The zero-order chi connectivity index (χ0) is 17.0. The maximum atomic E-state index is 12.9. The predicted octanol–water partition coefficient (Wildman–Crippen LogP) is 1.91. The van der Waals surface area contributed by atoms with Crippen LogP contribution in [0.1, 0.15) is 5.82 Å². The van der Waals surface area contributed by atoms with Crippen LogP contribution in [0.15, 0.2) is 12.1 Å². The average Bonchev–Trinajstić information content (AvgIpc) is 2.79. The molecule has 12 heteroatoms. The summed E-state index contributed by atoms with van der Waals surface area (Å²) >= 11 is 0. The number of nitrogens with zero attached hydrogens (tertiary/aromatic N) is 5. The molecule has 0 aliphatic carbocycles. The van der Waals surface area contributed by atoms with E-state index in [1.807, 2.05) is 0 Å². The minimum Gasteiger partial charge on any atom is -0.365 e. The first-order valence-electron chi connectivity index (χ1n) is 6.24. The van der Waals surface area contributed by atoms with Crippen LogP contribution in [0.2, 0.25) is 0 Å². The summed E-state index contributed by atoms with van der Waals surface area (Å²) in [5.74, 6) is -1.40. The van der Waals surface area contributed by atoms with E-state index in [2.05, 4.69) is 20.0 Å². The smallest absolute Gasteiger partial charge is 0.365 e. The van der Waals surface area contributed by atoms with E-state index >= 15 is 0 Å². The second-order valence-electron chi connectivity index (χ2n) is 5.04. The average molecular weight is 341 g/mol. The predicted molar refractivity (Wildman–Crippen MR) is 63.8 cm³/mol. The van der Waals surface area contributed by atoms with Crippen LogP contribution in [-0.4, -0.2) is 51.8 Å². The molecule has 0 amide bonds. The van der Waals surface area contributed by atoms with Gasteiger partial charge in [-0.15, -0.1) is 15.3 Å². The molecule has 2 aromatic rings. The van der Waals surface area contributed by atoms with Crippen molar-refractivity contribution in [3.8, 4) is 0 Å². The van der Waals surface area contributed by atoms with E-state index < -0.39 is 36.9 Å². The third-order valence-electron chi connectivity index (χ3n) is 3.63. The fraction of sp³-hybridized carbons (Fsp3) is 0.545. The van der Waals surface area contributed by atoms with Crippen molar-refractivity contribution in [2.24, 2.45) is 0 Å². The van der Waals surface area contributed by atoms with Crippen molar-refractivity contribution < 1.29 is 31.1 Å². The zero-order valence-corrected chi connectivity index (χ0v) is 11.5. The van der Waals surface area contributed by atoms with E-state index in [-0.39, 0.29) is 11.5 Å². The number of alkyl halides is 6. The molecule has 3 rings (SSSR count). The molecule has 6 nitrogen and oxygen atoms in total. The summed E-state index contributed by atoms with van der Waals surface area (Å²) in [4.78, 5) is 1.16. The summed E-state index contributed by atoms with van der Waals surface area (Å²) in [6.45, 7) is -1.12. The third-order valence-corrected chi connectivity index (χ3v) is 3.63. The molecule has 0 N–H and O–H groups in total. The minimum atomic E-state index is -4.78. The second kappa shape index (κ2) is 4.69. The molecule has 2 aromatic heterocycles. The lowest BCUT2D eigenvalue weighted by Gasteiger charge is -2.49. The first-order chi connectivity index (χ1) is 10.6. The summed E-state index contributed by atoms with van der Waals surface area (Å²) in [5.41, 5.74) is -2.50. The Kier molecular flexibility index (Phi) is 3.22. The van der Waals surface area contributed by atoms with Crippen LogP contribution in [0.4, 0.5) is 32.2 Å². The highest BCUT2D eigenvalue weighted by atomic mass is 19.4. The number of rotatable bonds is 2. The number of halogens is 6. The SMILES string of the molecule is COC1(C(F)(F)F)CN(c2ccc3nnc(C(F)(F)F)n3n2)C1. The molecule has 0 radical (unpaired) electrons. The largest absolute Gasteiger partial charge is 0.453 e. The first-order valence-corrected chi connectivity index (χ1v) is 6.24. The Hall–Kier alpha value is -2.11. The van der Waals surface area contributed by atoms with Crippen LogP contribution in [0.5, 0.6) is 0 Å². The molecule has 3 heterocycles. The van der Waals surface area contributed by atoms with Gasteiger partial charge in [-0.2, -0.15) is 30.9 Å². The zero-order valence-electron chi connectivity index (χ0n) is 11.5. The van der Waals surface area contributed by atoms with Crippen molar-refractivity contribution in [1.82, 2.24) is 19.8 Å². The lowest BCUT2D eigenvalue weighted by atomic mass is 9.93. The lowest BCUT2D eigenvalue weighted by molar-refractivity contribution is -0.277. The van der Waals surface area contributed by atoms with Crippen LogP contribution in [0.25, 0.3) is 5.65 Å². The summed E-state index contributed by atoms with van der Waals surface area (Å²) in [6.07, 6.45) is -9.36. The molecule has 0 saturated carbocycles. The Bertz CT molecular complexity index is 733. The van der Waals surface area contributed by atoms with E-state index in [1.165, 1.54) is 12.1 Å². The van der Waals surface area contributed by atoms with E-state index in [0.29, 0.717) is 4.52 Å². The van der Waals surface area contributed by atoms with Crippen LogP contribution < -0.4 is 4.90 Å². The number of ether oxygens (including phenoxy) is 1. The number of anilines is 1. The highest BCUT2D eigenvalue weighted by molar-refractivity contribution is 5.49. The van der Waals surface area contributed by atoms with Gasteiger partial charge in [0, 0.05) is 7.11 Å². The van der Waals surface area contributed by atoms with Gasteiger partial charge in [0.05, 0.1) is 13.1 Å². The highest BCUT2D eigenvalue weighted by Crippen LogP contribution is 2.41. The first kappa shape index (κ1) is 15.8. The minimum absolute atomic E-state index is 0.0558. The van der Waals surface area contributed by atoms with Crippen molar-refractivity contribution in [1.29, 1.82) is 0 Å². The van der Waals surface area contributed by atoms with E-state index in [1.54, 1.807) is 0 Å². The Labute approximate surface area is 124 Å². The fourth-order valence-corrected chi connectivity index (χ4v) is 2.28. The maximum absolute atomic E-state index is 12.9. The van der Waals surface area contributed by atoms with Gasteiger partial charge in [0.2, 0.25) is 0 Å². The third kappa shape index (κ3) is 2.36. The summed E-state index contributed by atoms with van der Waals surface area (Å²) in [7, 11) is 0.934. The Balaban J connectivity index is 1.91. The molecule has 1 saturated heterocycles. The number of methoxy groups -OCH3 is 1. The highest BCUT2D eigenvalue weighted by Gasteiger charge is 2.63. The Morgan fingerprint density at radius 2 is 1.74 bits per heavy atom. The van der Waals surface area contributed by atoms with Crippen LogP contribution in [-0.2, 0) is 10.9 Å². The van der Waals surface area contributed by atoms with Gasteiger partial charge in [0.1, 0.15) is 5.82 Å². The molecule has 0 atom stereocenters. The number of fused-ring (bicyclic) bond motifs is 1. The molecule has 1 aliphatic heterocycles. The van der Waals surface area contributed by atoms with Crippen LogP contribution >= 0.6 is 0 Å². The molecule has 0 bridgehead atoms. The van der Waals surface area contributed by atoms with Crippen molar-refractivity contribution >= 4 is 11.5 Å². The Morgan fingerprint density at radius 1 is 1.09 bits per heavy atom. The number of hydrogen-bond acceptors (Lipinski definition) is 5. The quantitative estimate of drug-likeness (QED) is 0.781. The molecule has 1 aliphatic rings. The normalized spacial score (nSPS) is 18.3. The van der Waals surface area contributed by atoms with Crippen molar-refractivity contribution in [3.05, 3.63) is 18.0 Å². The molecule has 126 valence electrons. The van der Waals surface area contributed by atoms with Gasteiger partial charge in [-0.05, 0) is 12.1 Å². The van der Waals surface area contributed by atoms with Gasteiger partial charge in [-0.25, -0.2) is 0 Å². The van der Waals surface area contributed by atoms with Gasteiger partial charge in [0.15, 0.2) is 11.2 Å². The summed E-state index contributed by atoms with van der Waals surface area (Å²) in [6, 6.07) is 2.48. The molecule has 0 unspecified atom stereocenters. The van der Waals surface area contributed by atoms with Gasteiger partial charge in [-0.3, -0.25) is 0 Å². The standard InChI is InChI=1S/C11H9F6N5O/c1-23-9(11(15,16)17)4-21(5-9)7-3-2-6-18-19-8(10(12,13)14)22(6)20-7/h2-3H,4-5H2,1H3. The topological polar surface area (TPSA) is 55.5 Å². The fourth-order valence-electron chi connectivity index (χ4n) is 2.28. The van der Waals surface area contributed by atoms with Crippen molar-refractivity contribution in [2.75, 3.05) is 25.1 Å². The van der Waals surface area contributed by atoms with Gasteiger partial charge in [-0.1, -0.05) is 0 Å². The van der Waals surface area contributed by atoms with E-state index in [9.17, 15) is 26.3 Å². The van der Waals surface area contributed by atoms with E-state index in [0.717, 1.165) is 12.0 Å². The Morgan fingerprint density at radius 3 is 2.26 bits per heavy atom. The van der Waals surface area contributed by atoms with Gasteiger partial charge in [0.25, 0.3) is 5.82 Å². The second-order valence-corrected chi connectivity index (χ2v) is 5.04. The monoisotopic (exact) mass is 341 g/mol. The van der Waals surface area contributed by atoms with E-state index in [4.69, 9.17) is 0 Å². The molecular formula is C11H9F6N5O. The number of hydrogen-bond donors (Lipinski definition) is 0. The number of aromatic nitrogens is 4. The lowest BCUT2D eigenvalue weighted by Crippen LogP contribution is -2.70. The van der Waals surface area contributed by atoms with Gasteiger partial charge >= 0.3 is 12.4 Å². The van der Waals surface area contributed by atoms with Crippen LogP contribution in [0, 0.1) is 0 Å². The maximum Gasteiger partial charge on any atom is 0.453 e. The summed E-state index contributed by atoms with van der Waals surface area (Å²) in [5, 5.41) is 10.00. The molecule has 1 fully saturated rings.